The van der Waals surface area contributed by atoms with Crippen LogP contribution in [0.5, 0.6) is 5.75 Å². The summed E-state index contributed by atoms with van der Waals surface area (Å²) in [5.41, 5.74) is 6.44. The highest BCUT2D eigenvalue weighted by atomic mass is 16.6. The summed E-state index contributed by atoms with van der Waals surface area (Å²) in [5, 5.41) is 4.29. The lowest BCUT2D eigenvalue weighted by atomic mass is 9.91. The Hall–Kier alpha value is -3.86. The summed E-state index contributed by atoms with van der Waals surface area (Å²) in [6.07, 6.45) is 4.33. The Labute approximate surface area is 181 Å². The van der Waals surface area contributed by atoms with Crippen LogP contribution in [0.1, 0.15) is 29.0 Å². The lowest BCUT2D eigenvalue weighted by Gasteiger charge is -2.11. The van der Waals surface area contributed by atoms with Crippen LogP contribution in [0.4, 0.5) is 0 Å². The molecule has 0 aliphatic heterocycles. The fourth-order valence-corrected chi connectivity index (χ4v) is 4.24. The Bertz CT molecular complexity index is 1230. The van der Waals surface area contributed by atoms with E-state index in [1.54, 1.807) is 26.6 Å². The molecule has 0 fully saturated rings. The van der Waals surface area contributed by atoms with E-state index in [-0.39, 0.29) is 5.92 Å². The third-order valence-corrected chi connectivity index (χ3v) is 5.70. The number of fused-ring (bicyclic) bond motifs is 1. The number of aromatic nitrogens is 1. The minimum Gasteiger partial charge on any atom is -0.497 e. The second-order valence-electron chi connectivity index (χ2n) is 7.42. The number of methoxy groups -OCH3 is 1. The van der Waals surface area contributed by atoms with Gasteiger partial charge in [-0.2, -0.15) is 0 Å². The Kier molecular flexibility index (Phi) is 5.00. The zero-order valence-corrected chi connectivity index (χ0v) is 17.4. The zero-order valence-electron chi connectivity index (χ0n) is 17.4. The molecule has 5 rings (SSSR count). The molecule has 0 saturated carbocycles. The molecule has 0 saturated heterocycles. The van der Waals surface area contributed by atoms with Crippen LogP contribution >= 0.6 is 0 Å². The summed E-state index contributed by atoms with van der Waals surface area (Å²) < 4.78 is 11.7. The molecule has 0 radical (unpaired) electrons. The van der Waals surface area contributed by atoms with E-state index in [0.717, 1.165) is 51.7 Å². The van der Waals surface area contributed by atoms with E-state index in [2.05, 4.69) is 34.4 Å². The van der Waals surface area contributed by atoms with Crippen molar-refractivity contribution < 1.29 is 14.0 Å². The average molecular weight is 410 g/mol. The van der Waals surface area contributed by atoms with E-state index in [0.29, 0.717) is 0 Å². The van der Waals surface area contributed by atoms with E-state index in [4.69, 9.17) is 14.0 Å². The molecule has 4 aromatic rings. The van der Waals surface area contributed by atoms with Crippen molar-refractivity contribution in [1.29, 1.82) is 0 Å². The highest BCUT2D eigenvalue weighted by molar-refractivity contribution is 6.05. The zero-order chi connectivity index (χ0) is 21.2. The minimum absolute atomic E-state index is 0.129. The predicted octanol–water partition coefficient (Wildman–Crippen LogP) is 5.90. The average Bonchev–Trinajstić information content (AvgIpc) is 3.42. The van der Waals surface area contributed by atoms with Gasteiger partial charge in [0.1, 0.15) is 24.4 Å². The van der Waals surface area contributed by atoms with Crippen molar-refractivity contribution in [2.45, 2.75) is 12.3 Å². The monoisotopic (exact) mass is 410 g/mol. The SMILES string of the molecule is CO/N=C1/CC(c2cc(-c3ccc(OC)cc3)oc2-c2ccncc2)c2ccccc21. The third kappa shape index (κ3) is 3.48. The molecule has 5 heteroatoms. The summed E-state index contributed by atoms with van der Waals surface area (Å²) in [5.74, 6) is 2.62. The number of nitrogens with zero attached hydrogens (tertiary/aromatic N) is 2. The van der Waals surface area contributed by atoms with Crippen LogP contribution < -0.4 is 4.74 Å². The van der Waals surface area contributed by atoms with Crippen LogP contribution in [-0.4, -0.2) is 24.9 Å². The molecule has 2 heterocycles. The van der Waals surface area contributed by atoms with Gasteiger partial charge in [-0.15, -0.1) is 0 Å². The normalized spacial score (nSPS) is 16.3. The molecule has 2 aromatic carbocycles. The summed E-state index contributed by atoms with van der Waals surface area (Å²) in [7, 11) is 3.25. The molecule has 1 atom stereocenters. The standard InChI is InChI=1S/C26H22N2O3/c1-29-19-9-7-17(8-10-19)25-16-23(26(31-25)18-11-13-27-14-12-18)22-15-24(28-30-2)21-6-4-3-5-20(21)22/h3-14,16,22H,15H2,1-2H3/b28-24-. The molecule has 1 aliphatic rings. The van der Waals surface area contributed by atoms with Crippen molar-refractivity contribution in [3.8, 4) is 28.4 Å². The number of oxime groups is 1. The Morgan fingerprint density at radius 1 is 0.903 bits per heavy atom. The maximum Gasteiger partial charge on any atom is 0.138 e. The molecule has 1 aliphatic carbocycles. The Morgan fingerprint density at radius 2 is 1.68 bits per heavy atom. The molecule has 154 valence electrons. The van der Waals surface area contributed by atoms with Gasteiger partial charge in [-0.05, 0) is 48.0 Å². The summed E-state index contributed by atoms with van der Waals surface area (Å²) in [6, 6.07) is 22.4. The number of rotatable bonds is 5. The lowest BCUT2D eigenvalue weighted by molar-refractivity contribution is 0.213. The predicted molar refractivity (Wildman–Crippen MR) is 120 cm³/mol. The number of ether oxygens (including phenoxy) is 1. The quantitative estimate of drug-likeness (QED) is 0.384. The topological polar surface area (TPSA) is 56.9 Å². The second-order valence-corrected chi connectivity index (χ2v) is 7.42. The van der Waals surface area contributed by atoms with Gasteiger partial charge >= 0.3 is 0 Å². The maximum absolute atomic E-state index is 6.44. The minimum atomic E-state index is 0.129. The van der Waals surface area contributed by atoms with Crippen molar-refractivity contribution in [2.75, 3.05) is 14.2 Å². The van der Waals surface area contributed by atoms with Gasteiger partial charge in [-0.25, -0.2) is 0 Å². The van der Waals surface area contributed by atoms with Gasteiger partial charge in [0, 0.05) is 47.0 Å². The van der Waals surface area contributed by atoms with E-state index < -0.39 is 0 Å². The van der Waals surface area contributed by atoms with Gasteiger partial charge in [-0.1, -0.05) is 29.4 Å². The molecule has 0 bridgehead atoms. The fraction of sp³-hybridized carbons (Fsp3) is 0.154. The van der Waals surface area contributed by atoms with Crippen molar-refractivity contribution in [3.05, 3.63) is 95.8 Å². The van der Waals surface area contributed by atoms with Crippen LogP contribution in [0.3, 0.4) is 0 Å². The smallest absolute Gasteiger partial charge is 0.138 e. The van der Waals surface area contributed by atoms with Crippen LogP contribution in [0, 0.1) is 0 Å². The first-order chi connectivity index (χ1) is 15.3. The first kappa shape index (κ1) is 19.1. The largest absolute Gasteiger partial charge is 0.497 e. The van der Waals surface area contributed by atoms with Crippen LogP contribution in [-0.2, 0) is 4.84 Å². The van der Waals surface area contributed by atoms with Gasteiger partial charge < -0.3 is 14.0 Å². The van der Waals surface area contributed by atoms with Crippen LogP contribution in [0.25, 0.3) is 22.6 Å². The van der Waals surface area contributed by atoms with Gasteiger partial charge in [0.05, 0.1) is 12.8 Å². The van der Waals surface area contributed by atoms with E-state index in [1.165, 1.54) is 5.56 Å². The fourth-order valence-electron chi connectivity index (χ4n) is 4.24. The van der Waals surface area contributed by atoms with Crippen molar-refractivity contribution in [1.82, 2.24) is 4.98 Å². The molecule has 2 aromatic heterocycles. The third-order valence-electron chi connectivity index (χ3n) is 5.70. The van der Waals surface area contributed by atoms with Gasteiger partial charge in [-0.3, -0.25) is 4.98 Å². The molecule has 0 N–H and O–H groups in total. The molecular weight excluding hydrogens is 388 g/mol. The van der Waals surface area contributed by atoms with Gasteiger partial charge in [0.15, 0.2) is 0 Å². The highest BCUT2D eigenvalue weighted by Crippen LogP contribution is 2.45. The molecule has 0 amide bonds. The molecule has 1 unspecified atom stereocenters. The molecule has 0 spiro atoms. The summed E-state index contributed by atoms with van der Waals surface area (Å²) in [4.78, 5) is 9.29. The molecule has 31 heavy (non-hydrogen) atoms. The first-order valence-corrected chi connectivity index (χ1v) is 10.2. The highest BCUT2D eigenvalue weighted by Gasteiger charge is 2.33. The van der Waals surface area contributed by atoms with Gasteiger partial charge in [0.25, 0.3) is 0 Å². The van der Waals surface area contributed by atoms with E-state index >= 15 is 0 Å². The Balaban J connectivity index is 1.66. The van der Waals surface area contributed by atoms with Crippen molar-refractivity contribution in [3.63, 3.8) is 0 Å². The summed E-state index contributed by atoms with van der Waals surface area (Å²) in [6.45, 7) is 0. The van der Waals surface area contributed by atoms with Gasteiger partial charge in [0.2, 0.25) is 0 Å². The number of benzene rings is 2. The summed E-state index contributed by atoms with van der Waals surface area (Å²) >= 11 is 0. The number of hydrogen-bond acceptors (Lipinski definition) is 5. The van der Waals surface area contributed by atoms with Crippen molar-refractivity contribution >= 4 is 5.71 Å². The molecular formula is C26H22N2O3. The molecule has 5 nitrogen and oxygen atoms in total. The lowest BCUT2D eigenvalue weighted by Crippen LogP contribution is -1.98. The number of furan rings is 1. The Morgan fingerprint density at radius 3 is 2.42 bits per heavy atom. The first-order valence-electron chi connectivity index (χ1n) is 10.2. The van der Waals surface area contributed by atoms with Crippen LogP contribution in [0.2, 0.25) is 0 Å². The van der Waals surface area contributed by atoms with Crippen molar-refractivity contribution in [2.24, 2.45) is 5.16 Å². The van der Waals surface area contributed by atoms with Crippen LogP contribution in [0.15, 0.2) is 88.7 Å². The number of hydrogen-bond donors (Lipinski definition) is 0. The number of pyridine rings is 1. The second kappa shape index (κ2) is 8.11. The van der Waals surface area contributed by atoms with E-state index in [9.17, 15) is 0 Å². The van der Waals surface area contributed by atoms with E-state index in [1.807, 2.05) is 42.5 Å². The maximum atomic E-state index is 6.44.